The molecular formula is C25H30N2O2S. The summed E-state index contributed by atoms with van der Waals surface area (Å²) < 4.78 is 6.00. The van der Waals surface area contributed by atoms with E-state index in [1.807, 2.05) is 13.0 Å². The number of aryl methyl sites for hydroxylation is 2. The average molecular weight is 423 g/mol. The number of thiazole rings is 1. The molecule has 0 spiro atoms. The minimum Gasteiger partial charge on any atom is -0.481 e. The topological polar surface area (TPSA) is 51.2 Å². The van der Waals surface area contributed by atoms with Crippen molar-refractivity contribution in [1.82, 2.24) is 10.3 Å². The maximum atomic E-state index is 12.5. The van der Waals surface area contributed by atoms with Crippen LogP contribution in [0.4, 0.5) is 0 Å². The minimum atomic E-state index is -0.553. The molecule has 1 amide bonds. The molecule has 0 saturated carbocycles. The summed E-state index contributed by atoms with van der Waals surface area (Å²) in [6.45, 7) is 10.7. The summed E-state index contributed by atoms with van der Waals surface area (Å²) >= 11 is 1.63. The second kappa shape index (κ2) is 9.90. The summed E-state index contributed by atoms with van der Waals surface area (Å²) in [5, 5.41) is 6.04. The van der Waals surface area contributed by atoms with E-state index in [1.165, 1.54) is 5.56 Å². The number of benzene rings is 2. The Morgan fingerprint density at radius 1 is 1.07 bits per heavy atom. The van der Waals surface area contributed by atoms with Crippen LogP contribution in [0.15, 0.2) is 47.8 Å². The third kappa shape index (κ3) is 5.70. The largest absolute Gasteiger partial charge is 0.481 e. The molecule has 1 atom stereocenters. The quantitative estimate of drug-likeness (QED) is 0.508. The fraction of sp³-hybridized carbons (Fsp3) is 0.360. The number of rotatable bonds is 8. The van der Waals surface area contributed by atoms with Gasteiger partial charge >= 0.3 is 0 Å². The molecule has 0 aliphatic rings. The van der Waals surface area contributed by atoms with Crippen LogP contribution < -0.4 is 10.1 Å². The smallest absolute Gasteiger partial charge is 0.260 e. The fourth-order valence-corrected chi connectivity index (χ4v) is 4.03. The summed E-state index contributed by atoms with van der Waals surface area (Å²) in [6, 6.07) is 14.5. The lowest BCUT2D eigenvalue weighted by atomic mass is 10.0. The monoisotopic (exact) mass is 422 g/mol. The van der Waals surface area contributed by atoms with E-state index in [9.17, 15) is 4.79 Å². The van der Waals surface area contributed by atoms with E-state index >= 15 is 0 Å². The number of hydrogen-bond acceptors (Lipinski definition) is 4. The van der Waals surface area contributed by atoms with Gasteiger partial charge in [0.25, 0.3) is 5.91 Å². The number of nitrogens with zero attached hydrogens (tertiary/aromatic N) is 1. The zero-order valence-electron chi connectivity index (χ0n) is 18.4. The molecule has 30 heavy (non-hydrogen) atoms. The van der Waals surface area contributed by atoms with E-state index in [-0.39, 0.29) is 5.91 Å². The highest BCUT2D eigenvalue weighted by Gasteiger charge is 2.17. The molecule has 3 aromatic rings. The molecule has 0 unspecified atom stereocenters. The number of aromatic nitrogens is 1. The summed E-state index contributed by atoms with van der Waals surface area (Å²) in [5.74, 6) is 1.01. The van der Waals surface area contributed by atoms with Crippen molar-refractivity contribution in [2.24, 2.45) is 0 Å². The van der Waals surface area contributed by atoms with Crippen molar-refractivity contribution in [2.45, 2.75) is 53.1 Å². The van der Waals surface area contributed by atoms with E-state index in [1.54, 1.807) is 18.3 Å². The standard InChI is InChI=1S/C25H30N2O2S/c1-16(2)22-11-8-18(4)14-23(22)29-19(5)24(28)26-13-12-21-15-30-25(27-21)20-9-6-17(3)7-10-20/h6-11,14-16,19H,12-13H2,1-5H3,(H,26,28)/t19-/m1/s1. The van der Waals surface area contributed by atoms with Gasteiger partial charge in [-0.1, -0.05) is 55.8 Å². The van der Waals surface area contributed by atoms with Crippen LogP contribution in [-0.2, 0) is 11.2 Å². The molecule has 0 bridgehead atoms. The van der Waals surface area contributed by atoms with Crippen LogP contribution in [0.1, 0.15) is 49.1 Å². The number of ether oxygens (including phenoxy) is 1. The fourth-order valence-electron chi connectivity index (χ4n) is 3.17. The van der Waals surface area contributed by atoms with Crippen LogP contribution in [-0.4, -0.2) is 23.5 Å². The Morgan fingerprint density at radius 2 is 1.77 bits per heavy atom. The lowest BCUT2D eigenvalue weighted by Gasteiger charge is -2.19. The van der Waals surface area contributed by atoms with Crippen molar-refractivity contribution in [1.29, 1.82) is 0 Å². The van der Waals surface area contributed by atoms with Gasteiger partial charge in [0.2, 0.25) is 0 Å². The van der Waals surface area contributed by atoms with Gasteiger partial charge in [0.05, 0.1) is 5.69 Å². The van der Waals surface area contributed by atoms with Gasteiger partial charge in [-0.25, -0.2) is 4.98 Å². The second-order valence-corrected chi connectivity index (χ2v) is 8.87. The van der Waals surface area contributed by atoms with Gasteiger partial charge in [0.15, 0.2) is 6.10 Å². The normalized spacial score (nSPS) is 12.1. The third-order valence-corrected chi connectivity index (χ3v) is 5.93. The Hall–Kier alpha value is -2.66. The maximum Gasteiger partial charge on any atom is 0.260 e. The Morgan fingerprint density at radius 3 is 2.47 bits per heavy atom. The molecule has 0 aliphatic heterocycles. The Balaban J connectivity index is 1.52. The summed E-state index contributed by atoms with van der Waals surface area (Å²) in [4.78, 5) is 17.2. The number of carbonyl (C=O) groups is 1. The first-order valence-electron chi connectivity index (χ1n) is 10.4. The van der Waals surface area contributed by atoms with E-state index < -0.39 is 6.10 Å². The lowest BCUT2D eigenvalue weighted by molar-refractivity contribution is -0.127. The highest BCUT2D eigenvalue weighted by molar-refractivity contribution is 7.13. The molecular weight excluding hydrogens is 392 g/mol. The molecule has 1 aromatic heterocycles. The van der Waals surface area contributed by atoms with Gasteiger partial charge in [-0.15, -0.1) is 11.3 Å². The Kier molecular flexibility index (Phi) is 7.27. The first-order valence-corrected chi connectivity index (χ1v) is 11.3. The van der Waals surface area contributed by atoms with Gasteiger partial charge in [-0.3, -0.25) is 4.79 Å². The third-order valence-electron chi connectivity index (χ3n) is 4.99. The molecule has 0 radical (unpaired) electrons. The van der Waals surface area contributed by atoms with E-state index in [2.05, 4.69) is 67.9 Å². The van der Waals surface area contributed by atoms with Gasteiger partial charge in [0.1, 0.15) is 10.8 Å². The molecule has 2 aromatic carbocycles. The first-order chi connectivity index (χ1) is 14.3. The molecule has 158 valence electrons. The average Bonchev–Trinajstić information content (AvgIpc) is 3.17. The van der Waals surface area contributed by atoms with Crippen molar-refractivity contribution in [3.05, 3.63) is 70.2 Å². The van der Waals surface area contributed by atoms with Crippen LogP contribution in [0.25, 0.3) is 10.6 Å². The van der Waals surface area contributed by atoms with Gasteiger partial charge < -0.3 is 10.1 Å². The zero-order valence-corrected chi connectivity index (χ0v) is 19.2. The molecule has 5 heteroatoms. The molecule has 4 nitrogen and oxygen atoms in total. The van der Waals surface area contributed by atoms with Gasteiger partial charge in [0, 0.05) is 23.9 Å². The van der Waals surface area contributed by atoms with Crippen LogP contribution in [0.5, 0.6) is 5.75 Å². The predicted octanol–water partition coefficient (Wildman–Crippen LogP) is 5.68. The van der Waals surface area contributed by atoms with E-state index in [0.717, 1.165) is 33.1 Å². The lowest BCUT2D eigenvalue weighted by Crippen LogP contribution is -2.37. The van der Waals surface area contributed by atoms with Crippen LogP contribution in [0.3, 0.4) is 0 Å². The highest BCUT2D eigenvalue weighted by Crippen LogP contribution is 2.28. The SMILES string of the molecule is Cc1ccc(-c2nc(CCNC(=O)[C@@H](C)Oc3cc(C)ccc3C(C)C)cs2)cc1. The van der Waals surface area contributed by atoms with E-state index in [4.69, 9.17) is 9.72 Å². The van der Waals surface area contributed by atoms with Crippen molar-refractivity contribution in [3.8, 4) is 16.3 Å². The predicted molar refractivity (Wildman–Crippen MR) is 124 cm³/mol. The Labute approximate surface area is 183 Å². The van der Waals surface area contributed by atoms with Gasteiger partial charge in [-0.05, 0) is 43.9 Å². The van der Waals surface area contributed by atoms with Crippen LogP contribution in [0, 0.1) is 13.8 Å². The van der Waals surface area contributed by atoms with Crippen LogP contribution in [0.2, 0.25) is 0 Å². The molecule has 0 aliphatic carbocycles. The summed E-state index contributed by atoms with van der Waals surface area (Å²) in [6.07, 6.45) is 0.144. The second-order valence-electron chi connectivity index (χ2n) is 8.01. The van der Waals surface area contributed by atoms with Crippen LogP contribution >= 0.6 is 11.3 Å². The number of nitrogens with one attached hydrogen (secondary N) is 1. The van der Waals surface area contributed by atoms with Gasteiger partial charge in [-0.2, -0.15) is 0 Å². The van der Waals surface area contributed by atoms with Crippen molar-refractivity contribution >= 4 is 17.2 Å². The summed E-state index contributed by atoms with van der Waals surface area (Å²) in [7, 11) is 0. The molecule has 0 saturated heterocycles. The highest BCUT2D eigenvalue weighted by atomic mass is 32.1. The van der Waals surface area contributed by atoms with Crippen molar-refractivity contribution in [2.75, 3.05) is 6.54 Å². The zero-order chi connectivity index (χ0) is 21.7. The number of hydrogen-bond donors (Lipinski definition) is 1. The van der Waals surface area contributed by atoms with Crippen molar-refractivity contribution in [3.63, 3.8) is 0 Å². The minimum absolute atomic E-state index is 0.111. The number of carbonyl (C=O) groups excluding carboxylic acids is 1. The van der Waals surface area contributed by atoms with E-state index in [0.29, 0.717) is 18.9 Å². The number of amides is 1. The molecule has 1 N–H and O–H groups in total. The Bertz CT molecular complexity index is 993. The molecule has 1 heterocycles. The maximum absolute atomic E-state index is 12.5. The summed E-state index contributed by atoms with van der Waals surface area (Å²) in [5.41, 5.74) is 5.59. The first kappa shape index (κ1) is 22.0. The van der Waals surface area contributed by atoms with Crippen molar-refractivity contribution < 1.29 is 9.53 Å². The molecule has 3 rings (SSSR count). The molecule has 0 fully saturated rings.